The van der Waals surface area contributed by atoms with E-state index in [-0.39, 0.29) is 11.3 Å². The van der Waals surface area contributed by atoms with Crippen molar-refractivity contribution in [3.8, 4) is 0 Å². The summed E-state index contributed by atoms with van der Waals surface area (Å²) in [5.74, 6) is 0.0973. The lowest BCUT2D eigenvalue weighted by Crippen LogP contribution is -2.27. The third-order valence-electron chi connectivity index (χ3n) is 1.95. The van der Waals surface area contributed by atoms with Gasteiger partial charge in [0.2, 0.25) is 5.91 Å². The Hall–Kier alpha value is -0.610. The van der Waals surface area contributed by atoms with E-state index < -0.39 is 0 Å². The number of carbonyl (C=O) groups is 1. The van der Waals surface area contributed by atoms with Crippen molar-refractivity contribution >= 4 is 5.91 Å². The zero-order valence-corrected chi connectivity index (χ0v) is 11.7. The molecular formula is C13H27NO3. The summed E-state index contributed by atoms with van der Waals surface area (Å²) in [6.07, 6.45) is 1.47. The maximum absolute atomic E-state index is 11.1. The molecule has 1 amide bonds. The number of carbonyl (C=O) groups excluding carboxylic acids is 1. The van der Waals surface area contributed by atoms with Crippen molar-refractivity contribution < 1.29 is 14.3 Å². The number of rotatable bonds is 9. The van der Waals surface area contributed by atoms with E-state index in [1.54, 1.807) is 0 Å². The van der Waals surface area contributed by atoms with E-state index >= 15 is 0 Å². The van der Waals surface area contributed by atoms with E-state index in [2.05, 4.69) is 26.1 Å². The van der Waals surface area contributed by atoms with Crippen LogP contribution >= 0.6 is 0 Å². The number of amides is 1. The van der Waals surface area contributed by atoms with Crippen molar-refractivity contribution in [3.63, 3.8) is 0 Å². The Labute approximate surface area is 105 Å². The molecule has 0 fully saturated rings. The zero-order chi connectivity index (χ0) is 13.1. The molecule has 0 spiro atoms. The van der Waals surface area contributed by atoms with Crippen LogP contribution in [-0.2, 0) is 14.3 Å². The lowest BCUT2D eigenvalue weighted by Gasteiger charge is -2.17. The van der Waals surface area contributed by atoms with Crippen LogP contribution in [0.15, 0.2) is 0 Å². The minimum Gasteiger partial charge on any atom is -0.379 e. The Morgan fingerprint density at radius 1 is 1.12 bits per heavy atom. The summed E-state index contributed by atoms with van der Waals surface area (Å²) in [5, 5.41) is 2.79. The quantitative estimate of drug-likeness (QED) is 0.632. The first-order valence-electron chi connectivity index (χ1n) is 6.38. The van der Waals surface area contributed by atoms with Crippen LogP contribution in [0.1, 0.15) is 40.5 Å². The summed E-state index contributed by atoms with van der Waals surface area (Å²) in [5.41, 5.74) is 0.203. The third kappa shape index (κ3) is 13.3. The number of nitrogens with one attached hydrogen (secondary N) is 1. The minimum atomic E-state index is 0.0973. The van der Waals surface area contributed by atoms with Crippen molar-refractivity contribution in [3.05, 3.63) is 0 Å². The van der Waals surface area contributed by atoms with Gasteiger partial charge in [0.05, 0.1) is 26.4 Å². The smallest absolute Gasteiger partial charge is 0.220 e. The van der Waals surface area contributed by atoms with Gasteiger partial charge in [-0.2, -0.15) is 0 Å². The molecule has 0 heterocycles. The second-order valence-corrected chi connectivity index (χ2v) is 5.33. The van der Waals surface area contributed by atoms with Gasteiger partial charge in [-0.15, -0.1) is 0 Å². The number of ether oxygens (including phenoxy) is 2. The Morgan fingerprint density at radius 3 is 2.35 bits per heavy atom. The first-order valence-corrected chi connectivity index (χ1v) is 6.38. The lowest BCUT2D eigenvalue weighted by molar-refractivity contribution is -0.121. The Bertz CT molecular complexity index is 199. The van der Waals surface area contributed by atoms with Crippen molar-refractivity contribution in [1.82, 2.24) is 5.32 Å². The molecule has 0 atom stereocenters. The first kappa shape index (κ1) is 16.4. The van der Waals surface area contributed by atoms with Gasteiger partial charge in [-0.1, -0.05) is 27.7 Å². The highest BCUT2D eigenvalue weighted by Crippen LogP contribution is 2.12. The molecule has 0 saturated heterocycles. The van der Waals surface area contributed by atoms with Gasteiger partial charge in [0, 0.05) is 13.0 Å². The van der Waals surface area contributed by atoms with Crippen molar-refractivity contribution in [2.75, 3.05) is 33.0 Å². The molecule has 0 unspecified atom stereocenters. The van der Waals surface area contributed by atoms with Gasteiger partial charge in [0.1, 0.15) is 0 Å². The SMILES string of the molecule is CCCC(=O)NCCOCCOCC(C)(C)C. The van der Waals surface area contributed by atoms with Crippen LogP contribution in [0.2, 0.25) is 0 Å². The van der Waals surface area contributed by atoms with Gasteiger partial charge in [-0.25, -0.2) is 0 Å². The maximum atomic E-state index is 11.1. The average molecular weight is 245 g/mol. The Morgan fingerprint density at radius 2 is 1.76 bits per heavy atom. The van der Waals surface area contributed by atoms with Crippen LogP contribution in [0, 0.1) is 5.41 Å². The standard InChI is InChI=1S/C13H27NO3/c1-5-6-12(15)14-7-8-16-9-10-17-11-13(2,3)4/h5-11H2,1-4H3,(H,14,15). The minimum absolute atomic E-state index is 0.0973. The highest BCUT2D eigenvalue weighted by Gasteiger charge is 2.09. The molecule has 4 nitrogen and oxygen atoms in total. The van der Waals surface area contributed by atoms with Crippen LogP contribution in [0.4, 0.5) is 0 Å². The second kappa shape index (κ2) is 9.42. The Balaban J connectivity index is 3.16. The average Bonchev–Trinajstić information content (AvgIpc) is 2.21. The van der Waals surface area contributed by atoms with Crippen LogP contribution in [-0.4, -0.2) is 38.9 Å². The van der Waals surface area contributed by atoms with Crippen LogP contribution in [0.3, 0.4) is 0 Å². The molecule has 0 aliphatic carbocycles. The van der Waals surface area contributed by atoms with Gasteiger partial charge in [0.15, 0.2) is 0 Å². The van der Waals surface area contributed by atoms with Crippen LogP contribution in [0.5, 0.6) is 0 Å². The van der Waals surface area contributed by atoms with Gasteiger partial charge in [-0.05, 0) is 11.8 Å². The summed E-state index contributed by atoms with van der Waals surface area (Å²) in [6.45, 7) is 11.5. The van der Waals surface area contributed by atoms with E-state index in [4.69, 9.17) is 9.47 Å². The molecule has 0 aromatic rings. The molecule has 0 saturated carbocycles. The summed E-state index contributed by atoms with van der Waals surface area (Å²) in [6, 6.07) is 0. The van der Waals surface area contributed by atoms with E-state index in [0.29, 0.717) is 32.8 Å². The lowest BCUT2D eigenvalue weighted by atomic mass is 9.99. The predicted molar refractivity (Wildman–Crippen MR) is 69.0 cm³/mol. The molecule has 4 heteroatoms. The molecule has 0 aromatic carbocycles. The molecule has 1 N–H and O–H groups in total. The number of hydrogen-bond donors (Lipinski definition) is 1. The molecule has 102 valence electrons. The zero-order valence-electron chi connectivity index (χ0n) is 11.7. The summed E-state index contributed by atoms with van der Waals surface area (Å²) in [7, 11) is 0. The Kier molecular flexibility index (Phi) is 9.09. The molecule has 0 aliphatic rings. The van der Waals surface area contributed by atoms with Crippen LogP contribution in [0.25, 0.3) is 0 Å². The fraction of sp³-hybridized carbons (Fsp3) is 0.923. The van der Waals surface area contributed by atoms with Gasteiger partial charge >= 0.3 is 0 Å². The summed E-state index contributed by atoms with van der Waals surface area (Å²) >= 11 is 0. The van der Waals surface area contributed by atoms with Gasteiger partial charge in [-0.3, -0.25) is 4.79 Å². The molecular weight excluding hydrogens is 218 g/mol. The van der Waals surface area contributed by atoms with Crippen LogP contribution < -0.4 is 5.32 Å². The summed E-state index contributed by atoms with van der Waals surface area (Å²) in [4.78, 5) is 11.1. The fourth-order valence-corrected chi connectivity index (χ4v) is 1.18. The van der Waals surface area contributed by atoms with Gasteiger partial charge in [0.25, 0.3) is 0 Å². The molecule has 0 rings (SSSR count). The van der Waals surface area contributed by atoms with E-state index in [9.17, 15) is 4.79 Å². The normalized spacial score (nSPS) is 11.5. The molecule has 17 heavy (non-hydrogen) atoms. The second-order valence-electron chi connectivity index (χ2n) is 5.33. The van der Waals surface area contributed by atoms with Crippen molar-refractivity contribution in [2.45, 2.75) is 40.5 Å². The highest BCUT2D eigenvalue weighted by molar-refractivity contribution is 5.75. The molecule has 0 bridgehead atoms. The van der Waals surface area contributed by atoms with E-state index in [1.807, 2.05) is 6.92 Å². The molecule has 0 radical (unpaired) electrons. The molecule has 0 aliphatic heterocycles. The predicted octanol–water partition coefficient (Wildman–Crippen LogP) is 1.98. The van der Waals surface area contributed by atoms with Crippen molar-refractivity contribution in [1.29, 1.82) is 0 Å². The molecule has 0 aromatic heterocycles. The largest absolute Gasteiger partial charge is 0.379 e. The fourth-order valence-electron chi connectivity index (χ4n) is 1.18. The first-order chi connectivity index (χ1) is 7.95. The highest BCUT2D eigenvalue weighted by atomic mass is 16.5. The monoisotopic (exact) mass is 245 g/mol. The maximum Gasteiger partial charge on any atom is 0.220 e. The van der Waals surface area contributed by atoms with E-state index in [1.165, 1.54) is 0 Å². The van der Waals surface area contributed by atoms with Gasteiger partial charge < -0.3 is 14.8 Å². The summed E-state index contributed by atoms with van der Waals surface area (Å²) < 4.78 is 10.8. The third-order valence-corrected chi connectivity index (χ3v) is 1.95. The topological polar surface area (TPSA) is 47.6 Å². The van der Waals surface area contributed by atoms with Crippen molar-refractivity contribution in [2.24, 2.45) is 5.41 Å². The number of hydrogen-bond acceptors (Lipinski definition) is 3. The van der Waals surface area contributed by atoms with E-state index in [0.717, 1.165) is 13.0 Å².